The van der Waals surface area contributed by atoms with Gasteiger partial charge in [0.1, 0.15) is 29.5 Å². The van der Waals surface area contributed by atoms with Gasteiger partial charge in [0.25, 0.3) is 0 Å². The lowest BCUT2D eigenvalue weighted by Crippen LogP contribution is -2.43. The van der Waals surface area contributed by atoms with Gasteiger partial charge in [0, 0.05) is 12.2 Å². The zero-order valence-corrected chi connectivity index (χ0v) is 24.4. The zero-order valence-electron chi connectivity index (χ0n) is 23.6. The molecule has 0 aliphatic carbocycles. The van der Waals surface area contributed by atoms with Gasteiger partial charge in [0.05, 0.1) is 18.5 Å². The van der Waals surface area contributed by atoms with E-state index in [2.05, 4.69) is 10.3 Å². The Morgan fingerprint density at radius 1 is 1.02 bits per heavy atom. The Morgan fingerprint density at radius 2 is 1.86 bits per heavy atom. The molecule has 9 nitrogen and oxygen atoms in total. The van der Waals surface area contributed by atoms with Crippen LogP contribution in [0.25, 0.3) is 0 Å². The minimum atomic E-state index is -0.668. The molecule has 3 aromatic carbocycles. The Bertz CT molecular complexity index is 1680. The van der Waals surface area contributed by atoms with Crippen LogP contribution in [0.1, 0.15) is 35.0 Å². The molecule has 3 heterocycles. The summed E-state index contributed by atoms with van der Waals surface area (Å²) < 4.78 is 24.8. The number of hydrogen-bond acceptors (Lipinski definition) is 7. The molecule has 0 saturated carbocycles. The molecule has 2 aliphatic heterocycles. The van der Waals surface area contributed by atoms with E-state index >= 15 is 0 Å². The first-order chi connectivity index (χ1) is 21.4. The van der Waals surface area contributed by atoms with E-state index in [0.717, 1.165) is 5.56 Å². The normalized spacial score (nSPS) is 19.0. The van der Waals surface area contributed by atoms with Crippen molar-refractivity contribution in [2.24, 2.45) is 4.99 Å². The summed E-state index contributed by atoms with van der Waals surface area (Å²) in [5.41, 5.74) is 2.41. The Morgan fingerprint density at radius 3 is 2.66 bits per heavy atom. The number of furan rings is 1. The summed E-state index contributed by atoms with van der Waals surface area (Å²) in [4.78, 5) is 47.4. The number of carbonyl (C=O) groups is 3. The molecule has 2 fully saturated rings. The van der Waals surface area contributed by atoms with Gasteiger partial charge in [-0.05, 0) is 66.4 Å². The van der Waals surface area contributed by atoms with Gasteiger partial charge < -0.3 is 14.5 Å². The molecule has 2 atom stereocenters. The summed E-state index contributed by atoms with van der Waals surface area (Å²) in [6, 6.07) is 25.1. The van der Waals surface area contributed by atoms with Crippen LogP contribution in [-0.2, 0) is 27.5 Å². The predicted octanol–water partition coefficient (Wildman–Crippen LogP) is 6.66. The molecule has 0 bridgehead atoms. The van der Waals surface area contributed by atoms with E-state index in [9.17, 15) is 18.8 Å². The Kier molecular flexibility index (Phi) is 8.74. The number of hydrogen-bond donors (Lipinski definition) is 1. The maximum absolute atomic E-state index is 13.9. The lowest BCUT2D eigenvalue weighted by atomic mass is 10.1. The summed E-state index contributed by atoms with van der Waals surface area (Å²) >= 11 is 1.24. The Hall–Kier alpha value is -4.90. The van der Waals surface area contributed by atoms with Gasteiger partial charge in [0.15, 0.2) is 5.17 Å². The molecule has 11 heteroatoms. The van der Waals surface area contributed by atoms with Crippen LogP contribution >= 0.6 is 11.8 Å². The molecule has 1 unspecified atom stereocenters. The van der Waals surface area contributed by atoms with Crippen LogP contribution in [0.15, 0.2) is 107 Å². The average Bonchev–Trinajstić information content (AvgIpc) is 3.79. The highest BCUT2D eigenvalue weighted by molar-refractivity contribution is 8.15. The highest BCUT2D eigenvalue weighted by atomic mass is 32.2. The van der Waals surface area contributed by atoms with E-state index in [-0.39, 0.29) is 25.0 Å². The fraction of sp³-hybridized carbons (Fsp3) is 0.212. The molecule has 1 aromatic heterocycles. The van der Waals surface area contributed by atoms with Crippen molar-refractivity contribution in [3.63, 3.8) is 0 Å². The van der Waals surface area contributed by atoms with E-state index in [1.165, 1.54) is 40.0 Å². The number of amides is 3. The van der Waals surface area contributed by atoms with Crippen molar-refractivity contribution in [3.8, 4) is 0 Å². The number of nitrogens with zero attached hydrogens (tertiary/aromatic N) is 3. The predicted molar refractivity (Wildman–Crippen MR) is 165 cm³/mol. The second-order valence-electron chi connectivity index (χ2n) is 10.4. The van der Waals surface area contributed by atoms with Crippen LogP contribution in [0, 0.1) is 5.82 Å². The molecular weight excluding hydrogens is 583 g/mol. The topological polar surface area (TPSA) is 104 Å². The van der Waals surface area contributed by atoms with Gasteiger partial charge in [-0.3, -0.25) is 19.4 Å². The highest BCUT2D eigenvalue weighted by Crippen LogP contribution is 2.42. The average molecular weight is 613 g/mol. The third-order valence-corrected chi connectivity index (χ3v) is 8.56. The van der Waals surface area contributed by atoms with Crippen LogP contribution in [0.4, 0.5) is 20.6 Å². The van der Waals surface area contributed by atoms with Crippen LogP contribution in [0.5, 0.6) is 0 Å². The van der Waals surface area contributed by atoms with Crippen LogP contribution in [-0.4, -0.2) is 45.5 Å². The van der Waals surface area contributed by atoms with E-state index in [0.29, 0.717) is 47.3 Å². The van der Waals surface area contributed by atoms with Gasteiger partial charge in [-0.15, -0.1) is 0 Å². The fourth-order valence-electron chi connectivity index (χ4n) is 5.18. The first-order valence-corrected chi connectivity index (χ1v) is 15.1. The van der Waals surface area contributed by atoms with Crippen LogP contribution < -0.4 is 5.32 Å². The summed E-state index contributed by atoms with van der Waals surface area (Å²) in [6.07, 6.45) is 2.20. The summed E-state index contributed by atoms with van der Waals surface area (Å²) in [6.45, 7) is 0.719. The molecule has 1 N–H and O–H groups in total. The number of ether oxygens (including phenoxy) is 1. The fourth-order valence-corrected chi connectivity index (χ4v) is 6.34. The van der Waals surface area contributed by atoms with Gasteiger partial charge in [0.2, 0.25) is 11.8 Å². The van der Waals surface area contributed by atoms with Gasteiger partial charge >= 0.3 is 6.09 Å². The molecule has 4 aromatic rings. The SMILES string of the molecule is O=C(Nc1cccc(C2SC(=Nc3cccc(F)c3)N(Cc3ccco3)C2=O)c1)[C@@H]1CCCN1C(=O)OCc1ccccc1. The first kappa shape index (κ1) is 29.2. The molecule has 2 aliphatic rings. The Labute approximate surface area is 257 Å². The molecule has 0 radical (unpaired) electrons. The molecule has 6 rings (SSSR count). The van der Waals surface area contributed by atoms with E-state index in [1.807, 2.05) is 36.4 Å². The molecule has 0 spiro atoms. The largest absolute Gasteiger partial charge is 0.467 e. The number of benzene rings is 3. The maximum atomic E-state index is 13.9. The number of halogens is 1. The van der Waals surface area contributed by atoms with Crippen molar-refractivity contribution in [1.82, 2.24) is 9.80 Å². The number of amidine groups is 1. The number of rotatable bonds is 8. The first-order valence-electron chi connectivity index (χ1n) is 14.2. The van der Waals surface area contributed by atoms with E-state index < -0.39 is 23.2 Å². The van der Waals surface area contributed by atoms with Gasteiger partial charge in [-0.2, -0.15) is 0 Å². The lowest BCUT2D eigenvalue weighted by Gasteiger charge is -2.23. The molecule has 2 saturated heterocycles. The summed E-state index contributed by atoms with van der Waals surface area (Å²) in [5, 5.41) is 2.68. The third kappa shape index (κ3) is 6.68. The minimum Gasteiger partial charge on any atom is -0.467 e. The van der Waals surface area contributed by atoms with Crippen molar-refractivity contribution in [2.45, 2.75) is 37.3 Å². The standard InChI is InChI=1S/C33H29FN4O5S/c34-24-11-5-13-26(19-24)36-32-38(20-27-14-7-17-42-27)31(40)29(44-32)23-10-4-12-25(18-23)35-30(39)28-15-6-16-37(28)33(41)43-21-22-8-2-1-3-9-22/h1-5,7-14,17-19,28-29H,6,15-16,20-21H2,(H,35,39)/t28-,29?/m0/s1. The molecule has 224 valence electrons. The highest BCUT2D eigenvalue weighted by Gasteiger charge is 2.40. The smallest absolute Gasteiger partial charge is 0.410 e. The van der Waals surface area contributed by atoms with Gasteiger partial charge in [-0.25, -0.2) is 14.2 Å². The third-order valence-electron chi connectivity index (χ3n) is 7.32. The molecule has 44 heavy (non-hydrogen) atoms. The summed E-state index contributed by atoms with van der Waals surface area (Å²) in [5.74, 6) is -0.386. The molecular formula is C33H29FN4O5S. The second-order valence-corrected chi connectivity index (χ2v) is 11.5. The van der Waals surface area contributed by atoms with Crippen molar-refractivity contribution in [3.05, 3.63) is 120 Å². The van der Waals surface area contributed by atoms with Crippen LogP contribution in [0.2, 0.25) is 0 Å². The number of anilines is 1. The maximum Gasteiger partial charge on any atom is 0.410 e. The minimum absolute atomic E-state index is 0.126. The van der Waals surface area contributed by atoms with E-state index in [4.69, 9.17) is 9.15 Å². The van der Waals surface area contributed by atoms with E-state index in [1.54, 1.807) is 42.5 Å². The zero-order chi connectivity index (χ0) is 30.5. The van der Waals surface area contributed by atoms with Crippen LogP contribution in [0.3, 0.4) is 0 Å². The number of nitrogens with one attached hydrogen (secondary N) is 1. The monoisotopic (exact) mass is 612 g/mol. The number of likely N-dealkylation sites (tertiary alicyclic amines) is 1. The quantitative estimate of drug-likeness (QED) is 0.239. The number of thioether (sulfide) groups is 1. The Balaban J connectivity index is 1.16. The lowest BCUT2D eigenvalue weighted by molar-refractivity contribution is -0.126. The van der Waals surface area contributed by atoms with Gasteiger partial charge in [-0.1, -0.05) is 60.3 Å². The van der Waals surface area contributed by atoms with Crippen molar-refractivity contribution in [2.75, 3.05) is 11.9 Å². The van der Waals surface area contributed by atoms with Crippen molar-refractivity contribution in [1.29, 1.82) is 0 Å². The second kappa shape index (κ2) is 13.2. The number of carbonyl (C=O) groups excluding carboxylic acids is 3. The van der Waals surface area contributed by atoms with Crippen molar-refractivity contribution >= 4 is 46.2 Å². The molecule has 3 amide bonds. The summed E-state index contributed by atoms with van der Waals surface area (Å²) in [7, 11) is 0. The van der Waals surface area contributed by atoms with Crippen molar-refractivity contribution < 1.29 is 27.9 Å². The number of aliphatic imine (C=N–C) groups is 1.